The molecular weight excluding hydrogens is 266 g/mol. The smallest absolute Gasteiger partial charge is 0.272 e. The summed E-state index contributed by atoms with van der Waals surface area (Å²) in [6.07, 6.45) is 0. The number of aryl methyl sites for hydroxylation is 1. The van der Waals surface area contributed by atoms with Gasteiger partial charge >= 0.3 is 0 Å². The van der Waals surface area contributed by atoms with E-state index in [1.807, 2.05) is 23.6 Å². The molecule has 4 nitrogen and oxygen atoms in total. The van der Waals surface area contributed by atoms with Gasteiger partial charge in [-0.25, -0.2) is 9.97 Å². The Morgan fingerprint density at radius 2 is 2.17 bits per heavy atom. The van der Waals surface area contributed by atoms with Gasteiger partial charge in [0.2, 0.25) is 0 Å². The molecule has 1 aromatic rings. The quantitative estimate of drug-likeness (QED) is 0.628. The third-order valence-corrected chi connectivity index (χ3v) is 4.30. The first-order chi connectivity index (χ1) is 8.70. The summed E-state index contributed by atoms with van der Waals surface area (Å²) in [6.45, 7) is 5.61. The first-order valence-corrected chi connectivity index (χ1v) is 8.20. The van der Waals surface area contributed by atoms with E-state index in [9.17, 15) is 4.79 Å². The Bertz CT molecular complexity index is 433. The van der Waals surface area contributed by atoms with E-state index in [0.29, 0.717) is 10.9 Å². The number of aromatic nitrogens is 2. The van der Waals surface area contributed by atoms with Crippen LogP contribution in [0.3, 0.4) is 0 Å². The van der Waals surface area contributed by atoms with Gasteiger partial charge in [0.1, 0.15) is 5.69 Å². The zero-order valence-electron chi connectivity index (χ0n) is 10.7. The summed E-state index contributed by atoms with van der Waals surface area (Å²) in [4.78, 5) is 22.9. The van der Waals surface area contributed by atoms with Crippen molar-refractivity contribution in [2.24, 2.45) is 0 Å². The number of hydrogen-bond donors (Lipinski definition) is 0. The molecule has 1 aromatic heterocycles. The molecule has 0 aliphatic carbocycles. The molecule has 2 heterocycles. The van der Waals surface area contributed by atoms with Crippen LogP contribution in [-0.2, 0) is 0 Å². The lowest BCUT2D eigenvalue weighted by Gasteiger charge is -2.26. The molecule has 0 bridgehead atoms. The van der Waals surface area contributed by atoms with Gasteiger partial charge in [-0.15, -0.1) is 0 Å². The van der Waals surface area contributed by atoms with Crippen LogP contribution in [0.15, 0.2) is 11.2 Å². The van der Waals surface area contributed by atoms with Crippen molar-refractivity contribution in [2.75, 3.05) is 30.3 Å². The van der Waals surface area contributed by atoms with Crippen molar-refractivity contribution in [3.8, 4) is 0 Å². The average molecular weight is 283 g/mol. The van der Waals surface area contributed by atoms with Crippen LogP contribution in [-0.4, -0.2) is 51.1 Å². The number of hydrogen-bond acceptors (Lipinski definition) is 5. The van der Waals surface area contributed by atoms with Gasteiger partial charge in [0.05, 0.1) is 0 Å². The molecule has 1 aliphatic rings. The molecule has 1 amide bonds. The molecule has 18 heavy (non-hydrogen) atoms. The summed E-state index contributed by atoms with van der Waals surface area (Å²) in [5, 5.41) is 0.701. The highest BCUT2D eigenvalue weighted by Crippen LogP contribution is 2.16. The highest BCUT2D eigenvalue weighted by Gasteiger charge is 2.20. The molecule has 0 unspecified atom stereocenters. The number of carbonyl (C=O) groups excluding carboxylic acids is 1. The molecule has 0 aromatic carbocycles. The van der Waals surface area contributed by atoms with E-state index in [0.717, 1.165) is 36.0 Å². The maximum Gasteiger partial charge on any atom is 0.272 e. The zero-order chi connectivity index (χ0) is 13.0. The Hall–Kier alpha value is -0.750. The summed E-state index contributed by atoms with van der Waals surface area (Å²) in [7, 11) is 0. The van der Waals surface area contributed by atoms with Gasteiger partial charge < -0.3 is 4.90 Å². The lowest BCUT2D eigenvalue weighted by molar-refractivity contribution is 0.0765. The van der Waals surface area contributed by atoms with Crippen molar-refractivity contribution >= 4 is 29.4 Å². The highest BCUT2D eigenvalue weighted by atomic mass is 32.2. The first-order valence-electron chi connectivity index (χ1n) is 6.06. The van der Waals surface area contributed by atoms with Crippen LogP contribution in [0, 0.1) is 6.92 Å². The van der Waals surface area contributed by atoms with Gasteiger partial charge in [0.15, 0.2) is 5.16 Å². The fraction of sp³-hybridized carbons (Fsp3) is 0.583. The van der Waals surface area contributed by atoms with E-state index >= 15 is 0 Å². The van der Waals surface area contributed by atoms with Gasteiger partial charge in [-0.05, 0) is 18.7 Å². The number of thioether (sulfide) groups is 2. The second-order valence-corrected chi connectivity index (χ2v) is 6.47. The minimum atomic E-state index is 0.0405. The number of amides is 1. The van der Waals surface area contributed by atoms with Crippen molar-refractivity contribution < 1.29 is 4.79 Å². The predicted octanol–water partition coefficient (Wildman–Crippen LogP) is 2.09. The molecule has 6 heteroatoms. The molecule has 0 spiro atoms. The average Bonchev–Trinajstić information content (AvgIpc) is 2.38. The Labute approximate surface area is 116 Å². The summed E-state index contributed by atoms with van der Waals surface area (Å²) in [6, 6.07) is 1.78. The molecule has 0 saturated carbocycles. The van der Waals surface area contributed by atoms with Crippen LogP contribution in [0.1, 0.15) is 23.1 Å². The van der Waals surface area contributed by atoms with Gasteiger partial charge in [0.25, 0.3) is 5.91 Å². The van der Waals surface area contributed by atoms with E-state index in [2.05, 4.69) is 16.9 Å². The Balaban J connectivity index is 2.18. The number of carbonyl (C=O) groups is 1. The minimum Gasteiger partial charge on any atom is -0.336 e. The van der Waals surface area contributed by atoms with Crippen LogP contribution >= 0.6 is 23.5 Å². The maximum absolute atomic E-state index is 12.3. The van der Waals surface area contributed by atoms with E-state index in [-0.39, 0.29) is 5.91 Å². The van der Waals surface area contributed by atoms with Crippen LogP contribution in [0.5, 0.6) is 0 Å². The molecule has 1 aliphatic heterocycles. The fourth-order valence-corrected chi connectivity index (χ4v) is 3.31. The second kappa shape index (κ2) is 6.43. The van der Waals surface area contributed by atoms with E-state index in [4.69, 9.17) is 0 Å². The van der Waals surface area contributed by atoms with Crippen molar-refractivity contribution in [3.05, 3.63) is 17.5 Å². The minimum absolute atomic E-state index is 0.0405. The number of nitrogens with zero attached hydrogens (tertiary/aromatic N) is 3. The first kappa shape index (κ1) is 13.7. The van der Waals surface area contributed by atoms with Crippen molar-refractivity contribution in [2.45, 2.75) is 19.0 Å². The molecule has 1 saturated heterocycles. The molecule has 0 radical (unpaired) electrons. The van der Waals surface area contributed by atoms with Crippen molar-refractivity contribution in [3.63, 3.8) is 0 Å². The standard InChI is InChI=1S/C12H17N3OS2/c1-3-18-12-13-9(2)8-10(14-12)11(16)15-4-6-17-7-5-15/h8H,3-7H2,1-2H3. The van der Waals surface area contributed by atoms with Gasteiger partial charge in [-0.3, -0.25) is 4.79 Å². The summed E-state index contributed by atoms with van der Waals surface area (Å²) in [5.41, 5.74) is 1.39. The highest BCUT2D eigenvalue weighted by molar-refractivity contribution is 7.99. The predicted molar refractivity (Wildman–Crippen MR) is 76.4 cm³/mol. The van der Waals surface area contributed by atoms with E-state index in [1.54, 1.807) is 17.8 Å². The molecule has 0 atom stereocenters. The van der Waals surface area contributed by atoms with E-state index < -0.39 is 0 Å². The third-order valence-electron chi connectivity index (χ3n) is 2.62. The summed E-state index contributed by atoms with van der Waals surface area (Å²) in [5.74, 6) is 3.00. The van der Waals surface area contributed by atoms with Gasteiger partial charge in [-0.2, -0.15) is 11.8 Å². The SMILES string of the molecule is CCSc1nc(C)cc(C(=O)N2CCSCC2)n1. The lowest BCUT2D eigenvalue weighted by atomic mass is 10.3. The van der Waals surface area contributed by atoms with Crippen LogP contribution in [0.25, 0.3) is 0 Å². The largest absolute Gasteiger partial charge is 0.336 e. The Kier molecular flexibility index (Phi) is 4.88. The number of rotatable bonds is 3. The normalized spacial score (nSPS) is 15.8. The maximum atomic E-state index is 12.3. The van der Waals surface area contributed by atoms with Gasteiger partial charge in [-0.1, -0.05) is 18.7 Å². The second-order valence-electron chi connectivity index (χ2n) is 4.01. The van der Waals surface area contributed by atoms with Crippen molar-refractivity contribution in [1.82, 2.24) is 14.9 Å². The molecule has 98 valence electrons. The van der Waals surface area contributed by atoms with Crippen molar-refractivity contribution in [1.29, 1.82) is 0 Å². The lowest BCUT2D eigenvalue weighted by Crippen LogP contribution is -2.38. The molecule has 1 fully saturated rings. The zero-order valence-corrected chi connectivity index (χ0v) is 12.3. The third kappa shape index (κ3) is 3.38. The fourth-order valence-electron chi connectivity index (χ4n) is 1.77. The summed E-state index contributed by atoms with van der Waals surface area (Å²) < 4.78 is 0. The molecular formula is C12H17N3OS2. The Morgan fingerprint density at radius 1 is 1.44 bits per heavy atom. The van der Waals surface area contributed by atoms with E-state index in [1.165, 1.54) is 0 Å². The van der Waals surface area contributed by atoms with Crippen LogP contribution in [0.2, 0.25) is 0 Å². The van der Waals surface area contributed by atoms with Crippen LogP contribution < -0.4 is 0 Å². The van der Waals surface area contributed by atoms with Gasteiger partial charge in [0, 0.05) is 30.3 Å². The molecule has 0 N–H and O–H groups in total. The summed E-state index contributed by atoms with van der Waals surface area (Å²) >= 11 is 3.47. The monoisotopic (exact) mass is 283 g/mol. The van der Waals surface area contributed by atoms with Crippen LogP contribution in [0.4, 0.5) is 0 Å². The molecule has 2 rings (SSSR count). The Morgan fingerprint density at radius 3 is 2.83 bits per heavy atom. The topological polar surface area (TPSA) is 46.1 Å².